The van der Waals surface area contributed by atoms with Crippen LogP contribution in [0.5, 0.6) is 0 Å². The van der Waals surface area contributed by atoms with Crippen LogP contribution in [0.1, 0.15) is 23.1 Å². The van der Waals surface area contributed by atoms with Gasteiger partial charge < -0.3 is 14.6 Å². The maximum absolute atomic E-state index is 9.98. The van der Waals surface area contributed by atoms with Crippen molar-refractivity contribution in [3.05, 3.63) is 34.9 Å². The van der Waals surface area contributed by atoms with E-state index in [-0.39, 0.29) is 6.29 Å². The lowest BCUT2D eigenvalue weighted by molar-refractivity contribution is -0.0698. The van der Waals surface area contributed by atoms with Crippen LogP contribution in [0.4, 0.5) is 0 Å². The third-order valence-electron chi connectivity index (χ3n) is 2.91. The monoisotopic (exact) mass is 236 g/mol. The van der Waals surface area contributed by atoms with Gasteiger partial charge in [0.2, 0.25) is 0 Å². The summed E-state index contributed by atoms with van der Waals surface area (Å²) in [6.45, 7) is 5.43. The molecule has 2 rings (SSSR count). The number of hydrogen-bond donors (Lipinski definition) is 1. The lowest BCUT2D eigenvalue weighted by Crippen LogP contribution is -2.20. The molecule has 1 unspecified atom stereocenters. The number of aliphatic hydroxyl groups excluding tert-OH is 1. The Morgan fingerprint density at radius 3 is 2.35 bits per heavy atom. The zero-order valence-corrected chi connectivity index (χ0v) is 10.5. The highest BCUT2D eigenvalue weighted by Gasteiger charge is 2.20. The summed E-state index contributed by atoms with van der Waals surface area (Å²) in [6.07, 6.45) is 0.578. The minimum Gasteiger partial charge on any atom is -0.393 e. The van der Waals surface area contributed by atoms with Crippen LogP contribution in [-0.4, -0.2) is 30.7 Å². The normalized spacial score (nSPS) is 18.5. The predicted molar refractivity (Wildman–Crippen MR) is 65.9 cm³/mol. The Balaban J connectivity index is 1.90. The Morgan fingerprint density at radius 1 is 1.18 bits per heavy atom. The van der Waals surface area contributed by atoms with Gasteiger partial charge in [0.05, 0.1) is 19.3 Å². The van der Waals surface area contributed by atoms with Gasteiger partial charge in [-0.15, -0.1) is 0 Å². The van der Waals surface area contributed by atoms with E-state index in [4.69, 9.17) is 9.47 Å². The number of hydrogen-bond acceptors (Lipinski definition) is 3. The lowest BCUT2D eigenvalue weighted by atomic mass is 10.0. The van der Waals surface area contributed by atoms with E-state index in [1.165, 1.54) is 16.7 Å². The number of aryl methyl sites for hydroxylation is 2. The highest BCUT2D eigenvalue weighted by Crippen LogP contribution is 2.16. The Morgan fingerprint density at radius 2 is 1.76 bits per heavy atom. The van der Waals surface area contributed by atoms with Crippen molar-refractivity contribution >= 4 is 0 Å². The van der Waals surface area contributed by atoms with Crippen LogP contribution >= 0.6 is 0 Å². The quantitative estimate of drug-likeness (QED) is 0.868. The van der Waals surface area contributed by atoms with Crippen LogP contribution in [0, 0.1) is 13.8 Å². The average molecular weight is 236 g/mol. The Labute approximate surface area is 102 Å². The molecule has 1 aliphatic heterocycles. The standard InChI is InChI=1S/C14H20O3/c1-10-5-11(2)7-12(6-10)8-13(15)9-14-16-3-4-17-14/h5-7,13-15H,3-4,8-9H2,1-2H3. The van der Waals surface area contributed by atoms with Crippen molar-refractivity contribution in [1.82, 2.24) is 0 Å². The molecule has 94 valence electrons. The van der Waals surface area contributed by atoms with E-state index >= 15 is 0 Å². The SMILES string of the molecule is Cc1cc(C)cc(CC(O)CC2OCCO2)c1. The van der Waals surface area contributed by atoms with E-state index in [0.29, 0.717) is 26.1 Å². The fraction of sp³-hybridized carbons (Fsp3) is 0.571. The fourth-order valence-electron chi connectivity index (χ4n) is 2.31. The highest BCUT2D eigenvalue weighted by atomic mass is 16.7. The summed E-state index contributed by atoms with van der Waals surface area (Å²) in [5.41, 5.74) is 3.65. The molecule has 0 radical (unpaired) electrons. The Kier molecular flexibility index (Phi) is 4.15. The first-order valence-electron chi connectivity index (χ1n) is 6.12. The second kappa shape index (κ2) is 5.63. The molecule has 0 spiro atoms. The van der Waals surface area contributed by atoms with Gasteiger partial charge in [-0.2, -0.15) is 0 Å². The summed E-state index contributed by atoms with van der Waals surface area (Å²) in [5, 5.41) is 9.98. The van der Waals surface area contributed by atoms with Gasteiger partial charge in [0.1, 0.15) is 0 Å². The van der Waals surface area contributed by atoms with E-state index in [0.717, 1.165) is 0 Å². The molecule has 0 saturated carbocycles. The summed E-state index contributed by atoms with van der Waals surface area (Å²) < 4.78 is 10.7. The first-order valence-corrected chi connectivity index (χ1v) is 6.12. The van der Waals surface area contributed by atoms with Gasteiger partial charge in [-0.25, -0.2) is 0 Å². The van der Waals surface area contributed by atoms with Crippen LogP contribution in [0.2, 0.25) is 0 Å². The van der Waals surface area contributed by atoms with Gasteiger partial charge >= 0.3 is 0 Å². The van der Waals surface area contributed by atoms with Crippen LogP contribution in [-0.2, 0) is 15.9 Å². The molecule has 17 heavy (non-hydrogen) atoms. The van der Waals surface area contributed by atoms with E-state index in [9.17, 15) is 5.11 Å². The number of ether oxygens (including phenoxy) is 2. The number of benzene rings is 1. The molecule has 1 fully saturated rings. The maximum Gasteiger partial charge on any atom is 0.160 e. The summed E-state index contributed by atoms with van der Waals surface area (Å²) in [6, 6.07) is 6.37. The van der Waals surface area contributed by atoms with Gasteiger partial charge in [-0.1, -0.05) is 29.3 Å². The predicted octanol–water partition coefficient (Wildman–Crippen LogP) is 1.97. The molecule has 0 bridgehead atoms. The fourth-order valence-corrected chi connectivity index (χ4v) is 2.31. The van der Waals surface area contributed by atoms with Crippen LogP contribution in [0.15, 0.2) is 18.2 Å². The molecule has 1 aromatic rings. The van der Waals surface area contributed by atoms with Crippen molar-refractivity contribution in [1.29, 1.82) is 0 Å². The summed E-state index contributed by atoms with van der Waals surface area (Å²) in [4.78, 5) is 0. The Hall–Kier alpha value is -0.900. The maximum atomic E-state index is 9.98. The zero-order valence-electron chi connectivity index (χ0n) is 10.5. The van der Waals surface area contributed by atoms with Crippen molar-refractivity contribution in [3.63, 3.8) is 0 Å². The molecule has 0 aliphatic carbocycles. The van der Waals surface area contributed by atoms with Gasteiger partial charge in [0, 0.05) is 6.42 Å². The molecule has 0 aromatic heterocycles. The van der Waals surface area contributed by atoms with Crippen LogP contribution in [0.3, 0.4) is 0 Å². The van der Waals surface area contributed by atoms with Crippen molar-refractivity contribution in [3.8, 4) is 0 Å². The first-order chi connectivity index (χ1) is 8.13. The van der Waals surface area contributed by atoms with Gasteiger partial charge in [-0.05, 0) is 25.8 Å². The first kappa shape index (κ1) is 12.6. The molecule has 1 N–H and O–H groups in total. The third kappa shape index (κ3) is 3.80. The minimum absolute atomic E-state index is 0.226. The molecular weight excluding hydrogens is 216 g/mol. The molecule has 1 atom stereocenters. The molecule has 3 heteroatoms. The molecule has 1 aromatic carbocycles. The summed E-state index contributed by atoms with van der Waals surface area (Å²) in [5.74, 6) is 0. The van der Waals surface area contributed by atoms with E-state index < -0.39 is 6.10 Å². The molecule has 1 saturated heterocycles. The van der Waals surface area contributed by atoms with Gasteiger partial charge in [0.25, 0.3) is 0 Å². The Bertz CT molecular complexity index is 349. The molecule has 1 aliphatic rings. The minimum atomic E-state index is -0.403. The summed E-state index contributed by atoms with van der Waals surface area (Å²) in [7, 11) is 0. The number of rotatable bonds is 4. The van der Waals surface area contributed by atoms with Crippen molar-refractivity contribution in [2.45, 2.75) is 39.1 Å². The molecule has 3 nitrogen and oxygen atoms in total. The molecule has 0 amide bonds. The second-order valence-electron chi connectivity index (χ2n) is 4.76. The second-order valence-corrected chi connectivity index (χ2v) is 4.76. The molecule has 1 heterocycles. The van der Waals surface area contributed by atoms with Crippen molar-refractivity contribution in [2.24, 2.45) is 0 Å². The van der Waals surface area contributed by atoms with E-state index in [1.807, 2.05) is 0 Å². The van der Waals surface area contributed by atoms with E-state index in [1.54, 1.807) is 0 Å². The smallest absolute Gasteiger partial charge is 0.160 e. The van der Waals surface area contributed by atoms with Gasteiger partial charge in [-0.3, -0.25) is 0 Å². The topological polar surface area (TPSA) is 38.7 Å². The molecular formula is C14H20O3. The average Bonchev–Trinajstić information content (AvgIpc) is 2.67. The third-order valence-corrected chi connectivity index (χ3v) is 2.91. The van der Waals surface area contributed by atoms with E-state index in [2.05, 4.69) is 32.0 Å². The van der Waals surface area contributed by atoms with Gasteiger partial charge in [0.15, 0.2) is 6.29 Å². The van der Waals surface area contributed by atoms with Crippen LogP contribution in [0.25, 0.3) is 0 Å². The highest BCUT2D eigenvalue weighted by molar-refractivity contribution is 5.28. The number of aliphatic hydroxyl groups is 1. The van der Waals surface area contributed by atoms with Crippen LogP contribution < -0.4 is 0 Å². The lowest BCUT2D eigenvalue weighted by Gasteiger charge is -2.15. The summed E-state index contributed by atoms with van der Waals surface area (Å²) >= 11 is 0. The zero-order chi connectivity index (χ0) is 12.3. The largest absolute Gasteiger partial charge is 0.393 e. The van der Waals surface area contributed by atoms with Crippen molar-refractivity contribution < 1.29 is 14.6 Å². The van der Waals surface area contributed by atoms with Crippen molar-refractivity contribution in [2.75, 3.05) is 13.2 Å².